The minimum atomic E-state index is -0.0344. The average Bonchev–Trinajstić information content (AvgIpc) is 3.38. The van der Waals surface area contributed by atoms with Crippen LogP contribution in [0.2, 0.25) is 0 Å². The van der Waals surface area contributed by atoms with E-state index < -0.39 is 0 Å². The second-order valence-electron chi connectivity index (χ2n) is 12.7. The van der Waals surface area contributed by atoms with Gasteiger partial charge >= 0.3 is 0 Å². The number of carbonyl (C=O) groups excluding carboxylic acids is 1. The summed E-state index contributed by atoms with van der Waals surface area (Å²) in [5.41, 5.74) is 10.5. The zero-order valence-electron chi connectivity index (χ0n) is 25.3. The van der Waals surface area contributed by atoms with E-state index >= 15 is 0 Å². The molecule has 222 valence electrons. The lowest BCUT2D eigenvalue weighted by atomic mass is 9.87. The Morgan fingerprint density at radius 3 is 2.39 bits per heavy atom. The molecule has 1 N–H and O–H groups in total. The van der Waals surface area contributed by atoms with Crippen molar-refractivity contribution in [2.75, 3.05) is 27.3 Å². The quantitative estimate of drug-likeness (QED) is 0.243. The van der Waals surface area contributed by atoms with E-state index in [0.717, 1.165) is 65.0 Å². The summed E-state index contributed by atoms with van der Waals surface area (Å²) < 4.78 is 5.75. The summed E-state index contributed by atoms with van der Waals surface area (Å²) in [4.78, 5) is 30.0. The number of ether oxygens (including phenoxy) is 1. The van der Waals surface area contributed by atoms with Crippen LogP contribution in [0.4, 0.5) is 0 Å². The number of carbonyl (C=O) groups is 1. The fourth-order valence-corrected chi connectivity index (χ4v) is 7.58. The molecule has 0 spiro atoms. The summed E-state index contributed by atoms with van der Waals surface area (Å²) in [5, 5.41) is 1.07. The monoisotopic (exact) mass is 583 g/mol. The van der Waals surface area contributed by atoms with Crippen LogP contribution in [0.1, 0.15) is 40.7 Å². The molecule has 0 radical (unpaired) electrons. The van der Waals surface area contributed by atoms with E-state index in [1.165, 1.54) is 36.0 Å². The highest BCUT2D eigenvalue weighted by atomic mass is 16.5. The molecular formula is C37H37N5O2. The highest BCUT2D eigenvalue weighted by molar-refractivity contribution is 6.00. The Morgan fingerprint density at radius 2 is 1.61 bits per heavy atom. The lowest BCUT2D eigenvalue weighted by Crippen LogP contribution is -2.66. The Labute approximate surface area is 257 Å². The molecule has 7 nitrogen and oxygen atoms in total. The molecule has 3 aromatic heterocycles. The Hall–Kier alpha value is -4.33. The van der Waals surface area contributed by atoms with Crippen molar-refractivity contribution in [3.05, 3.63) is 95.9 Å². The molecule has 0 saturated carbocycles. The van der Waals surface area contributed by atoms with E-state index in [-0.39, 0.29) is 5.91 Å². The first-order valence-corrected chi connectivity index (χ1v) is 15.8. The number of aromatic amines is 1. The lowest BCUT2D eigenvalue weighted by Gasteiger charge is -2.56. The molecule has 2 unspecified atom stereocenters. The maximum Gasteiger partial charge on any atom is 0.254 e. The van der Waals surface area contributed by atoms with Gasteiger partial charge in [-0.2, -0.15) is 0 Å². The number of pyridine rings is 2. The molecule has 5 aromatic rings. The van der Waals surface area contributed by atoms with Crippen LogP contribution in [0, 0.1) is 0 Å². The Bertz CT molecular complexity index is 1850. The number of amides is 1. The number of hydrogen-bond donors (Lipinski definition) is 1. The van der Waals surface area contributed by atoms with Crippen LogP contribution in [0.25, 0.3) is 44.5 Å². The standard InChI is InChI=1S/C37H37N5O2/c1-41(2)37(43)32-6-4-3-5-31(32)35-14-11-26(18-38-35)34-20-40-36-33(34)16-27(19-39-36)25-8-7-23-9-12-28(13-10-24(23)15-25)42-29-17-30(42)22-44-21-29/h3-8,11,14-16,18-20,28-30H,9-10,12-13,17,21-22H2,1-2H3,(H,39,40)/t28-,29?,30?/m0/s1. The molecule has 2 bridgehead atoms. The van der Waals surface area contributed by atoms with Gasteiger partial charge in [0.1, 0.15) is 5.65 Å². The van der Waals surface area contributed by atoms with Gasteiger partial charge in [0.15, 0.2) is 0 Å². The summed E-state index contributed by atoms with van der Waals surface area (Å²) in [6.45, 7) is 1.82. The van der Waals surface area contributed by atoms with Gasteiger partial charge in [-0.15, -0.1) is 0 Å². The van der Waals surface area contributed by atoms with E-state index in [4.69, 9.17) is 14.7 Å². The molecule has 3 atom stereocenters. The highest BCUT2D eigenvalue weighted by Gasteiger charge is 2.45. The Kier molecular flexibility index (Phi) is 6.80. The second-order valence-corrected chi connectivity index (χ2v) is 12.7. The Balaban J connectivity index is 1.06. The molecule has 2 aliphatic heterocycles. The highest BCUT2D eigenvalue weighted by Crippen LogP contribution is 2.38. The third kappa shape index (κ3) is 4.71. The van der Waals surface area contributed by atoms with Gasteiger partial charge in [-0.05, 0) is 67.0 Å². The number of nitrogens with zero attached hydrogens (tertiary/aromatic N) is 4. The van der Waals surface area contributed by atoms with Crippen LogP contribution in [0.15, 0.2) is 79.3 Å². The smallest absolute Gasteiger partial charge is 0.254 e. The van der Waals surface area contributed by atoms with Gasteiger partial charge < -0.3 is 14.6 Å². The topological polar surface area (TPSA) is 74.4 Å². The van der Waals surface area contributed by atoms with Crippen molar-refractivity contribution in [1.29, 1.82) is 0 Å². The van der Waals surface area contributed by atoms with Gasteiger partial charge in [-0.25, -0.2) is 4.98 Å². The molecular weight excluding hydrogens is 546 g/mol. The van der Waals surface area contributed by atoms with Gasteiger partial charge in [0.25, 0.3) is 5.91 Å². The number of nitrogens with one attached hydrogen (secondary N) is 1. The summed E-state index contributed by atoms with van der Waals surface area (Å²) in [5.74, 6) is -0.0344. The largest absolute Gasteiger partial charge is 0.378 e. The lowest BCUT2D eigenvalue weighted by molar-refractivity contribution is -0.148. The number of hydrogen-bond acceptors (Lipinski definition) is 5. The van der Waals surface area contributed by atoms with Crippen LogP contribution in [-0.2, 0) is 17.6 Å². The number of fused-ring (bicyclic) bond motifs is 4. The molecule has 3 aliphatic rings. The number of morpholine rings is 1. The number of aromatic nitrogens is 3. The van der Waals surface area contributed by atoms with E-state index in [2.05, 4.69) is 40.2 Å². The third-order valence-electron chi connectivity index (χ3n) is 9.91. The molecule has 5 heterocycles. The third-order valence-corrected chi connectivity index (χ3v) is 9.91. The average molecular weight is 584 g/mol. The van der Waals surface area contributed by atoms with E-state index in [1.54, 1.807) is 19.0 Å². The van der Waals surface area contributed by atoms with Gasteiger partial charge in [0.2, 0.25) is 0 Å². The minimum Gasteiger partial charge on any atom is -0.378 e. The van der Waals surface area contributed by atoms with Crippen molar-refractivity contribution >= 4 is 16.9 Å². The second kappa shape index (κ2) is 11.0. The zero-order valence-corrected chi connectivity index (χ0v) is 25.3. The fourth-order valence-electron chi connectivity index (χ4n) is 7.58. The SMILES string of the molecule is CN(C)C(=O)c1ccccc1-c1ccc(-c2c[nH]c3ncc(-c4ccc5c(c4)CC[C@@H](N4C6COCC4C6)CC5)cc23)cn1. The van der Waals surface area contributed by atoms with E-state index in [0.29, 0.717) is 23.7 Å². The molecule has 8 rings (SSSR count). The van der Waals surface area contributed by atoms with Crippen LogP contribution in [0.5, 0.6) is 0 Å². The molecule has 1 amide bonds. The normalized spacial score (nSPS) is 21.4. The van der Waals surface area contributed by atoms with Crippen LogP contribution < -0.4 is 0 Å². The first kappa shape index (κ1) is 27.2. The number of H-pyrrole nitrogens is 1. The molecule has 1 aliphatic carbocycles. The maximum atomic E-state index is 12.8. The van der Waals surface area contributed by atoms with E-state index in [1.807, 2.05) is 48.9 Å². The summed E-state index contributed by atoms with van der Waals surface area (Å²) in [6.07, 6.45) is 11.9. The summed E-state index contributed by atoms with van der Waals surface area (Å²) in [7, 11) is 3.54. The predicted molar refractivity (Wildman–Crippen MR) is 173 cm³/mol. The molecule has 2 aromatic carbocycles. The van der Waals surface area contributed by atoms with Crippen molar-refractivity contribution in [2.45, 2.75) is 50.2 Å². The molecule has 44 heavy (non-hydrogen) atoms. The van der Waals surface area contributed by atoms with Gasteiger partial charge in [-0.1, -0.05) is 42.5 Å². The molecule has 7 heteroatoms. The van der Waals surface area contributed by atoms with Gasteiger partial charge in [0, 0.05) is 84.0 Å². The van der Waals surface area contributed by atoms with Gasteiger partial charge in [0.05, 0.1) is 18.9 Å². The Morgan fingerprint density at radius 1 is 0.841 bits per heavy atom. The van der Waals surface area contributed by atoms with Crippen LogP contribution >= 0.6 is 0 Å². The van der Waals surface area contributed by atoms with Gasteiger partial charge in [-0.3, -0.25) is 14.7 Å². The maximum absolute atomic E-state index is 12.8. The summed E-state index contributed by atoms with van der Waals surface area (Å²) >= 11 is 0. The fraction of sp³-hybridized carbons (Fsp3) is 0.324. The minimum absolute atomic E-state index is 0.0344. The summed E-state index contributed by atoms with van der Waals surface area (Å²) in [6, 6.07) is 22.9. The van der Waals surface area contributed by atoms with Crippen molar-refractivity contribution in [3.8, 4) is 33.5 Å². The first-order valence-electron chi connectivity index (χ1n) is 15.8. The van der Waals surface area contributed by atoms with Crippen molar-refractivity contribution in [2.24, 2.45) is 0 Å². The van der Waals surface area contributed by atoms with Crippen molar-refractivity contribution < 1.29 is 9.53 Å². The number of aryl methyl sites for hydroxylation is 2. The zero-order chi connectivity index (χ0) is 29.8. The number of rotatable bonds is 5. The molecule has 2 saturated heterocycles. The van der Waals surface area contributed by atoms with Crippen molar-refractivity contribution in [3.63, 3.8) is 0 Å². The van der Waals surface area contributed by atoms with Crippen molar-refractivity contribution in [1.82, 2.24) is 24.8 Å². The predicted octanol–water partition coefficient (Wildman–Crippen LogP) is 6.38. The van der Waals surface area contributed by atoms with E-state index in [9.17, 15) is 4.79 Å². The van der Waals surface area contributed by atoms with Crippen LogP contribution in [-0.4, -0.2) is 76.1 Å². The van der Waals surface area contributed by atoms with Crippen LogP contribution in [0.3, 0.4) is 0 Å². The molecule has 2 fully saturated rings. The number of benzene rings is 2. The first-order chi connectivity index (χ1) is 21.5.